The number of amides is 1. The van der Waals surface area contributed by atoms with E-state index in [0.717, 1.165) is 6.07 Å². The van der Waals surface area contributed by atoms with Crippen LogP contribution in [0.3, 0.4) is 0 Å². The minimum atomic E-state index is -4.03. The molecule has 21 heavy (non-hydrogen) atoms. The molecule has 1 amide bonds. The van der Waals surface area contributed by atoms with Crippen LogP contribution in [0.15, 0.2) is 17.0 Å². The molecule has 0 saturated carbocycles. The molecule has 1 atom stereocenters. The molecule has 0 bridgehead atoms. The van der Waals surface area contributed by atoms with E-state index in [-0.39, 0.29) is 27.2 Å². The lowest BCUT2D eigenvalue weighted by molar-refractivity contribution is -0.126. The van der Waals surface area contributed by atoms with Gasteiger partial charge in [0.25, 0.3) is 15.0 Å². The molecule has 9 heteroatoms. The Balaban J connectivity index is 2.99. The molecule has 1 aromatic rings. The van der Waals surface area contributed by atoms with Crippen molar-refractivity contribution in [1.82, 2.24) is 5.32 Å². The standard InChI is InChI=1S/C12H10Cl3NO4S/c1-3-6-16-12(17)7(2)20-8-4-5-9(21(15,18)19)11(14)10(8)13/h1,4-5,7H,6H2,2H3,(H,16,17). The molecule has 1 unspecified atom stereocenters. The van der Waals surface area contributed by atoms with Crippen LogP contribution >= 0.6 is 33.9 Å². The van der Waals surface area contributed by atoms with E-state index in [1.807, 2.05) is 0 Å². The van der Waals surface area contributed by atoms with E-state index in [1.165, 1.54) is 13.0 Å². The summed E-state index contributed by atoms with van der Waals surface area (Å²) >= 11 is 11.7. The molecule has 114 valence electrons. The summed E-state index contributed by atoms with van der Waals surface area (Å²) in [5, 5.41) is 1.99. The predicted octanol–water partition coefficient (Wildman–Crippen LogP) is 2.44. The average molecular weight is 371 g/mol. The van der Waals surface area contributed by atoms with Gasteiger partial charge in [-0.3, -0.25) is 4.79 Å². The monoisotopic (exact) mass is 369 g/mol. The zero-order chi connectivity index (χ0) is 16.2. The van der Waals surface area contributed by atoms with Crippen molar-refractivity contribution in [1.29, 1.82) is 0 Å². The molecule has 0 radical (unpaired) electrons. The minimum absolute atomic E-state index is 0.0501. The molecule has 0 fully saturated rings. The fourth-order valence-electron chi connectivity index (χ4n) is 1.32. The van der Waals surface area contributed by atoms with Crippen molar-refractivity contribution in [2.24, 2.45) is 0 Å². The number of ether oxygens (including phenoxy) is 1. The minimum Gasteiger partial charge on any atom is -0.479 e. The molecule has 5 nitrogen and oxygen atoms in total. The smallest absolute Gasteiger partial charge is 0.262 e. The average Bonchev–Trinajstić information content (AvgIpc) is 2.39. The molecular formula is C12H10Cl3NO4S. The predicted molar refractivity (Wildman–Crippen MR) is 81.4 cm³/mol. The number of terminal acetylenes is 1. The van der Waals surface area contributed by atoms with Gasteiger partial charge >= 0.3 is 0 Å². The van der Waals surface area contributed by atoms with Crippen molar-refractivity contribution < 1.29 is 17.9 Å². The van der Waals surface area contributed by atoms with Crippen LogP contribution in [0, 0.1) is 12.3 Å². The van der Waals surface area contributed by atoms with E-state index in [1.54, 1.807) is 0 Å². The molecule has 0 aliphatic heterocycles. The summed E-state index contributed by atoms with van der Waals surface area (Å²) in [7, 11) is 1.18. The summed E-state index contributed by atoms with van der Waals surface area (Å²) in [6.45, 7) is 1.53. The third-order valence-corrected chi connectivity index (χ3v) is 4.65. The van der Waals surface area contributed by atoms with Crippen molar-refractivity contribution in [3.63, 3.8) is 0 Å². The highest BCUT2D eigenvalue weighted by Crippen LogP contribution is 2.38. The first-order valence-electron chi connectivity index (χ1n) is 5.49. The number of carbonyl (C=O) groups excluding carboxylic acids is 1. The first kappa shape index (κ1) is 17.9. The Hall–Kier alpha value is -1.13. The van der Waals surface area contributed by atoms with Gasteiger partial charge in [0.1, 0.15) is 15.7 Å². The van der Waals surface area contributed by atoms with Gasteiger partial charge in [-0.05, 0) is 19.1 Å². The Morgan fingerprint density at radius 2 is 2.05 bits per heavy atom. The number of hydrogen-bond donors (Lipinski definition) is 1. The number of benzene rings is 1. The van der Waals surface area contributed by atoms with Crippen molar-refractivity contribution in [2.45, 2.75) is 17.9 Å². The maximum absolute atomic E-state index is 11.6. The van der Waals surface area contributed by atoms with E-state index >= 15 is 0 Å². The second-order valence-electron chi connectivity index (χ2n) is 3.81. The Morgan fingerprint density at radius 3 is 2.57 bits per heavy atom. The van der Waals surface area contributed by atoms with Crippen molar-refractivity contribution in [3.8, 4) is 18.1 Å². The fourth-order valence-corrected chi connectivity index (χ4v) is 3.10. The molecular weight excluding hydrogens is 361 g/mol. The van der Waals surface area contributed by atoms with Crippen LogP contribution in [-0.4, -0.2) is 27.0 Å². The fraction of sp³-hybridized carbons (Fsp3) is 0.250. The molecule has 0 spiro atoms. The maximum Gasteiger partial charge on any atom is 0.262 e. The van der Waals surface area contributed by atoms with Crippen LogP contribution < -0.4 is 10.1 Å². The Kier molecular flexibility index (Phi) is 6.17. The summed E-state index contributed by atoms with van der Waals surface area (Å²) in [6.07, 6.45) is 4.12. The van der Waals surface area contributed by atoms with Gasteiger partial charge in [-0.2, -0.15) is 0 Å². The Bertz CT molecular complexity index is 697. The van der Waals surface area contributed by atoms with Gasteiger partial charge < -0.3 is 10.1 Å². The lowest BCUT2D eigenvalue weighted by Crippen LogP contribution is -2.36. The Labute approximate surface area is 136 Å². The lowest BCUT2D eigenvalue weighted by atomic mass is 10.3. The third kappa shape index (κ3) is 4.68. The molecule has 0 saturated heterocycles. The van der Waals surface area contributed by atoms with Gasteiger partial charge in [-0.1, -0.05) is 29.1 Å². The van der Waals surface area contributed by atoms with Gasteiger partial charge in [-0.15, -0.1) is 6.42 Å². The van der Waals surface area contributed by atoms with E-state index in [9.17, 15) is 13.2 Å². The first-order chi connectivity index (χ1) is 9.68. The third-order valence-electron chi connectivity index (χ3n) is 2.31. The van der Waals surface area contributed by atoms with Gasteiger partial charge in [-0.25, -0.2) is 8.42 Å². The number of nitrogens with one attached hydrogen (secondary N) is 1. The lowest BCUT2D eigenvalue weighted by Gasteiger charge is -2.16. The zero-order valence-corrected chi connectivity index (χ0v) is 13.8. The summed E-state index contributed by atoms with van der Waals surface area (Å²) in [6, 6.07) is 2.40. The van der Waals surface area contributed by atoms with Gasteiger partial charge in [0.2, 0.25) is 0 Å². The SMILES string of the molecule is C#CCNC(=O)C(C)Oc1ccc(S(=O)(=O)Cl)c(Cl)c1Cl. The van der Waals surface area contributed by atoms with Crippen LogP contribution in [0.5, 0.6) is 5.75 Å². The van der Waals surface area contributed by atoms with Crippen molar-refractivity contribution >= 4 is 48.8 Å². The van der Waals surface area contributed by atoms with Crippen molar-refractivity contribution in [3.05, 3.63) is 22.2 Å². The first-order valence-corrected chi connectivity index (χ1v) is 8.55. The summed E-state index contributed by atoms with van der Waals surface area (Å²) in [5.41, 5.74) is 0. The number of rotatable bonds is 5. The molecule has 1 aromatic carbocycles. The molecule has 0 aromatic heterocycles. The summed E-state index contributed by atoms with van der Waals surface area (Å²) in [4.78, 5) is 11.3. The molecule has 1 N–H and O–H groups in total. The van der Waals surface area contributed by atoms with Gasteiger partial charge in [0.05, 0.1) is 11.6 Å². The Morgan fingerprint density at radius 1 is 1.43 bits per heavy atom. The van der Waals surface area contributed by atoms with Gasteiger partial charge in [0.15, 0.2) is 6.10 Å². The topological polar surface area (TPSA) is 72.5 Å². The molecule has 0 aliphatic rings. The highest BCUT2D eigenvalue weighted by molar-refractivity contribution is 8.13. The van der Waals surface area contributed by atoms with Crippen LogP contribution in [0.2, 0.25) is 10.0 Å². The molecule has 0 heterocycles. The molecule has 0 aliphatic carbocycles. The van der Waals surface area contributed by atoms with E-state index in [4.69, 9.17) is 45.0 Å². The van der Waals surface area contributed by atoms with Crippen LogP contribution in [0.1, 0.15) is 6.92 Å². The number of carbonyl (C=O) groups is 1. The second-order valence-corrected chi connectivity index (χ2v) is 7.10. The van der Waals surface area contributed by atoms with E-state index in [2.05, 4.69) is 11.2 Å². The maximum atomic E-state index is 11.6. The second kappa shape index (κ2) is 7.23. The summed E-state index contributed by atoms with van der Waals surface area (Å²) < 4.78 is 27.8. The van der Waals surface area contributed by atoms with Crippen LogP contribution in [-0.2, 0) is 13.8 Å². The van der Waals surface area contributed by atoms with E-state index < -0.39 is 21.1 Å². The summed E-state index contributed by atoms with van der Waals surface area (Å²) in [5.74, 6) is 1.85. The highest BCUT2D eigenvalue weighted by atomic mass is 35.7. The van der Waals surface area contributed by atoms with Crippen molar-refractivity contribution in [2.75, 3.05) is 6.54 Å². The highest BCUT2D eigenvalue weighted by Gasteiger charge is 2.22. The quantitative estimate of drug-likeness (QED) is 0.638. The number of hydrogen-bond acceptors (Lipinski definition) is 4. The molecule has 1 rings (SSSR count). The van der Waals surface area contributed by atoms with Crippen LogP contribution in [0.4, 0.5) is 0 Å². The number of halogens is 3. The zero-order valence-electron chi connectivity index (χ0n) is 10.7. The van der Waals surface area contributed by atoms with Gasteiger partial charge in [0, 0.05) is 10.7 Å². The normalized spacial score (nSPS) is 12.3. The largest absolute Gasteiger partial charge is 0.479 e. The van der Waals surface area contributed by atoms with E-state index in [0.29, 0.717) is 0 Å². The van der Waals surface area contributed by atoms with Crippen LogP contribution in [0.25, 0.3) is 0 Å².